The summed E-state index contributed by atoms with van der Waals surface area (Å²) in [5.74, 6) is 1.45. The first kappa shape index (κ1) is 19.5. The summed E-state index contributed by atoms with van der Waals surface area (Å²) in [6.45, 7) is 1.97. The third-order valence-electron chi connectivity index (χ3n) is 4.43. The Bertz CT molecular complexity index is 871. The highest BCUT2D eigenvalue weighted by atomic mass is 16.7. The molecule has 0 radical (unpaired) electrons. The van der Waals surface area contributed by atoms with Crippen LogP contribution in [0.4, 0.5) is 11.4 Å². The van der Waals surface area contributed by atoms with E-state index in [1.54, 1.807) is 68.4 Å². The minimum Gasteiger partial charge on any atom is -0.497 e. The topological polar surface area (TPSA) is 89.1 Å². The van der Waals surface area contributed by atoms with Crippen LogP contribution in [0.15, 0.2) is 42.5 Å². The van der Waals surface area contributed by atoms with Gasteiger partial charge in [0.05, 0.1) is 19.7 Å². The van der Waals surface area contributed by atoms with Gasteiger partial charge in [0.15, 0.2) is 11.5 Å². The Labute approximate surface area is 163 Å². The third-order valence-corrected chi connectivity index (χ3v) is 4.43. The summed E-state index contributed by atoms with van der Waals surface area (Å²) in [6.07, 6.45) is 0. The maximum atomic E-state index is 12.5. The standard InChI is InChI=1S/C20H23N3O5/c1-13(20(25)22-15-7-8-17-18(10-15)28-12-27-17)23(2)11-19(24)21-14-5-4-6-16(9-14)26-3/h4-10,13H,11-12H2,1-3H3,(H,21,24)(H,22,25)/t13-/m0/s1. The first-order valence-corrected chi connectivity index (χ1v) is 8.81. The van der Waals surface area contributed by atoms with Crippen LogP contribution in [-0.4, -0.2) is 50.3 Å². The zero-order chi connectivity index (χ0) is 20.1. The number of fused-ring (bicyclic) bond motifs is 1. The number of amides is 2. The molecule has 2 aromatic rings. The molecule has 1 aliphatic rings. The average molecular weight is 385 g/mol. The molecule has 1 atom stereocenters. The minimum atomic E-state index is -0.513. The predicted molar refractivity (Wildman–Crippen MR) is 105 cm³/mol. The first-order chi connectivity index (χ1) is 13.5. The van der Waals surface area contributed by atoms with Crippen LogP contribution >= 0.6 is 0 Å². The number of likely N-dealkylation sites (N-methyl/N-ethyl adjacent to an activating group) is 1. The molecule has 0 spiro atoms. The van der Waals surface area contributed by atoms with Gasteiger partial charge in [0, 0.05) is 23.5 Å². The normalized spacial score (nSPS) is 13.1. The molecule has 1 heterocycles. The van der Waals surface area contributed by atoms with Gasteiger partial charge in [-0.05, 0) is 38.2 Å². The van der Waals surface area contributed by atoms with Gasteiger partial charge in [0.1, 0.15) is 5.75 Å². The van der Waals surface area contributed by atoms with Gasteiger partial charge in [-0.3, -0.25) is 14.5 Å². The van der Waals surface area contributed by atoms with E-state index in [1.807, 2.05) is 0 Å². The lowest BCUT2D eigenvalue weighted by Crippen LogP contribution is -2.43. The second-order valence-corrected chi connectivity index (χ2v) is 6.43. The van der Waals surface area contributed by atoms with Gasteiger partial charge < -0.3 is 24.8 Å². The van der Waals surface area contributed by atoms with Crippen molar-refractivity contribution < 1.29 is 23.8 Å². The molecule has 0 fully saturated rings. The quantitative estimate of drug-likeness (QED) is 0.760. The Hall–Kier alpha value is -3.26. The number of carbonyl (C=O) groups is 2. The molecule has 2 N–H and O–H groups in total. The van der Waals surface area contributed by atoms with Gasteiger partial charge in [0.25, 0.3) is 0 Å². The molecule has 28 heavy (non-hydrogen) atoms. The summed E-state index contributed by atoms with van der Waals surface area (Å²) in [5.41, 5.74) is 1.24. The lowest BCUT2D eigenvalue weighted by molar-refractivity contribution is -0.122. The summed E-state index contributed by atoms with van der Waals surface area (Å²) >= 11 is 0. The monoisotopic (exact) mass is 385 g/mol. The van der Waals surface area contributed by atoms with Crippen LogP contribution in [0.5, 0.6) is 17.2 Å². The van der Waals surface area contributed by atoms with Crippen molar-refractivity contribution in [1.29, 1.82) is 0 Å². The fourth-order valence-corrected chi connectivity index (χ4v) is 2.69. The van der Waals surface area contributed by atoms with Crippen LogP contribution in [0.25, 0.3) is 0 Å². The molecular formula is C20H23N3O5. The second kappa shape index (κ2) is 8.62. The maximum Gasteiger partial charge on any atom is 0.241 e. The molecule has 0 aromatic heterocycles. The van der Waals surface area contributed by atoms with Crippen molar-refractivity contribution in [1.82, 2.24) is 4.90 Å². The van der Waals surface area contributed by atoms with E-state index in [0.29, 0.717) is 28.6 Å². The molecule has 3 rings (SSSR count). The molecular weight excluding hydrogens is 362 g/mol. The second-order valence-electron chi connectivity index (χ2n) is 6.43. The summed E-state index contributed by atoms with van der Waals surface area (Å²) in [7, 11) is 3.28. The molecule has 0 saturated carbocycles. The Kier molecular flexibility index (Phi) is 6.00. The van der Waals surface area contributed by atoms with Crippen molar-refractivity contribution in [3.63, 3.8) is 0 Å². The van der Waals surface area contributed by atoms with Crippen LogP contribution < -0.4 is 24.8 Å². The highest BCUT2D eigenvalue weighted by Gasteiger charge is 2.21. The van der Waals surface area contributed by atoms with E-state index in [2.05, 4.69) is 10.6 Å². The molecule has 8 nitrogen and oxygen atoms in total. The van der Waals surface area contributed by atoms with E-state index in [1.165, 1.54) is 0 Å². The van der Waals surface area contributed by atoms with Gasteiger partial charge in [-0.2, -0.15) is 0 Å². The Morgan fingerprint density at radius 3 is 2.64 bits per heavy atom. The molecule has 8 heteroatoms. The average Bonchev–Trinajstić information content (AvgIpc) is 3.15. The number of nitrogens with one attached hydrogen (secondary N) is 2. The van der Waals surface area contributed by atoms with Crippen molar-refractivity contribution >= 4 is 23.2 Å². The van der Waals surface area contributed by atoms with Crippen LogP contribution in [0.2, 0.25) is 0 Å². The van der Waals surface area contributed by atoms with E-state index in [-0.39, 0.29) is 25.2 Å². The van der Waals surface area contributed by atoms with E-state index in [9.17, 15) is 9.59 Å². The van der Waals surface area contributed by atoms with Crippen molar-refractivity contribution in [3.8, 4) is 17.2 Å². The first-order valence-electron chi connectivity index (χ1n) is 8.81. The van der Waals surface area contributed by atoms with Crippen LogP contribution in [0, 0.1) is 0 Å². The van der Waals surface area contributed by atoms with Gasteiger partial charge in [0.2, 0.25) is 18.6 Å². The Morgan fingerprint density at radius 2 is 1.86 bits per heavy atom. The third kappa shape index (κ3) is 4.72. The van der Waals surface area contributed by atoms with Crippen LogP contribution in [-0.2, 0) is 9.59 Å². The van der Waals surface area contributed by atoms with Gasteiger partial charge in [-0.1, -0.05) is 6.07 Å². The Morgan fingerprint density at radius 1 is 1.11 bits per heavy atom. The maximum absolute atomic E-state index is 12.5. The van der Waals surface area contributed by atoms with Gasteiger partial charge >= 0.3 is 0 Å². The molecule has 2 amide bonds. The lowest BCUT2D eigenvalue weighted by Gasteiger charge is -2.23. The number of benzene rings is 2. The lowest BCUT2D eigenvalue weighted by atomic mass is 10.2. The molecule has 1 aliphatic heterocycles. The fourth-order valence-electron chi connectivity index (χ4n) is 2.69. The number of hydrogen-bond acceptors (Lipinski definition) is 6. The number of hydrogen-bond donors (Lipinski definition) is 2. The highest BCUT2D eigenvalue weighted by molar-refractivity contribution is 5.96. The number of methoxy groups -OCH3 is 1. The van der Waals surface area contributed by atoms with Crippen molar-refractivity contribution in [2.24, 2.45) is 0 Å². The molecule has 0 aliphatic carbocycles. The summed E-state index contributed by atoms with van der Waals surface area (Å²) < 4.78 is 15.7. The summed E-state index contributed by atoms with van der Waals surface area (Å²) in [5, 5.41) is 5.62. The van der Waals surface area contributed by atoms with E-state index < -0.39 is 6.04 Å². The SMILES string of the molecule is COc1cccc(NC(=O)CN(C)[C@@H](C)C(=O)Nc2ccc3c(c2)OCO3)c1. The number of carbonyl (C=O) groups excluding carboxylic acids is 2. The van der Waals surface area contributed by atoms with Gasteiger partial charge in [-0.15, -0.1) is 0 Å². The number of rotatable bonds is 7. The molecule has 148 valence electrons. The van der Waals surface area contributed by atoms with Crippen molar-refractivity contribution in [2.45, 2.75) is 13.0 Å². The van der Waals surface area contributed by atoms with Crippen LogP contribution in [0.3, 0.4) is 0 Å². The molecule has 2 aromatic carbocycles. The molecule has 0 bridgehead atoms. The number of anilines is 2. The van der Waals surface area contributed by atoms with E-state index in [4.69, 9.17) is 14.2 Å². The molecule has 0 saturated heterocycles. The predicted octanol–water partition coefficient (Wildman–Crippen LogP) is 2.32. The molecule has 0 unspecified atom stereocenters. The van der Waals surface area contributed by atoms with Gasteiger partial charge in [-0.25, -0.2) is 0 Å². The summed E-state index contributed by atoms with van der Waals surface area (Å²) in [6, 6.07) is 11.8. The fraction of sp³-hybridized carbons (Fsp3) is 0.300. The van der Waals surface area contributed by atoms with Crippen molar-refractivity contribution in [2.75, 3.05) is 38.1 Å². The number of nitrogens with zero attached hydrogens (tertiary/aromatic N) is 1. The smallest absolute Gasteiger partial charge is 0.241 e. The number of ether oxygens (including phenoxy) is 3. The van der Waals surface area contributed by atoms with E-state index in [0.717, 1.165) is 0 Å². The highest BCUT2D eigenvalue weighted by Crippen LogP contribution is 2.34. The zero-order valence-electron chi connectivity index (χ0n) is 16.0. The van der Waals surface area contributed by atoms with E-state index >= 15 is 0 Å². The zero-order valence-corrected chi connectivity index (χ0v) is 16.0. The van der Waals surface area contributed by atoms with Crippen molar-refractivity contribution in [3.05, 3.63) is 42.5 Å². The summed E-state index contributed by atoms with van der Waals surface area (Å²) in [4.78, 5) is 26.4. The largest absolute Gasteiger partial charge is 0.497 e. The minimum absolute atomic E-state index is 0.0624. The van der Waals surface area contributed by atoms with Crippen LogP contribution in [0.1, 0.15) is 6.92 Å². The Balaban J connectivity index is 1.53.